The van der Waals surface area contributed by atoms with Gasteiger partial charge in [-0.2, -0.15) is 0 Å². The second kappa shape index (κ2) is 4.55. The van der Waals surface area contributed by atoms with Gasteiger partial charge in [-0.15, -0.1) is 0 Å². The van der Waals surface area contributed by atoms with Crippen LogP contribution in [0, 0.1) is 5.41 Å². The predicted octanol–water partition coefficient (Wildman–Crippen LogP) is 1.84. The number of nitrogens with one attached hydrogen (secondary N) is 1. The Hall–Kier alpha value is -0.870. The van der Waals surface area contributed by atoms with Gasteiger partial charge in [0.2, 0.25) is 5.91 Å². The molecule has 1 aromatic carbocycles. The molecule has 1 amide bonds. The minimum absolute atomic E-state index is 0.0297. The minimum atomic E-state index is -0.477. The van der Waals surface area contributed by atoms with Gasteiger partial charge < -0.3 is 10.4 Å². The van der Waals surface area contributed by atoms with Gasteiger partial charge in [-0.3, -0.25) is 4.79 Å². The summed E-state index contributed by atoms with van der Waals surface area (Å²) in [6.45, 7) is 0.479. The van der Waals surface area contributed by atoms with Crippen molar-refractivity contribution >= 4 is 21.8 Å². The minimum Gasteiger partial charge on any atom is -0.395 e. The Morgan fingerprint density at radius 2 is 2.00 bits per heavy atom. The summed E-state index contributed by atoms with van der Waals surface area (Å²) in [5.74, 6) is -0.0297. The van der Waals surface area contributed by atoms with Crippen molar-refractivity contribution in [3.63, 3.8) is 0 Å². The first kappa shape index (κ1) is 11.6. The fraction of sp³-hybridized carbons (Fsp3) is 0.417. The lowest BCUT2D eigenvalue weighted by Crippen LogP contribution is -2.33. The first-order valence-corrected chi connectivity index (χ1v) is 6.09. The molecule has 2 rings (SSSR count). The molecular weight excluding hydrogens is 270 g/mol. The molecular formula is C12H14BrNO2. The lowest BCUT2D eigenvalue weighted by atomic mass is 10.1. The van der Waals surface area contributed by atoms with Crippen molar-refractivity contribution in [2.24, 2.45) is 5.41 Å². The van der Waals surface area contributed by atoms with Crippen LogP contribution in [0.1, 0.15) is 18.4 Å². The van der Waals surface area contributed by atoms with E-state index < -0.39 is 5.41 Å². The number of hydrogen-bond donors (Lipinski definition) is 2. The summed E-state index contributed by atoms with van der Waals surface area (Å²) in [4.78, 5) is 11.7. The third kappa shape index (κ3) is 2.44. The topological polar surface area (TPSA) is 49.3 Å². The van der Waals surface area contributed by atoms with Crippen LogP contribution < -0.4 is 5.32 Å². The van der Waals surface area contributed by atoms with Gasteiger partial charge >= 0.3 is 0 Å². The van der Waals surface area contributed by atoms with E-state index in [0.29, 0.717) is 6.54 Å². The Bertz CT molecular complexity index is 385. The van der Waals surface area contributed by atoms with Crippen LogP contribution in [0.5, 0.6) is 0 Å². The molecule has 0 saturated heterocycles. The lowest BCUT2D eigenvalue weighted by Gasteiger charge is -2.12. The van der Waals surface area contributed by atoms with Gasteiger partial charge in [-0.05, 0) is 30.5 Å². The molecule has 1 fully saturated rings. The maximum Gasteiger partial charge on any atom is 0.228 e. The van der Waals surface area contributed by atoms with Crippen LogP contribution in [-0.2, 0) is 11.3 Å². The molecule has 1 aliphatic rings. The van der Waals surface area contributed by atoms with Gasteiger partial charge in [0, 0.05) is 11.0 Å². The zero-order valence-corrected chi connectivity index (χ0v) is 10.5. The summed E-state index contributed by atoms with van der Waals surface area (Å²) in [6, 6.07) is 7.81. The Balaban J connectivity index is 1.88. The molecule has 0 aliphatic heterocycles. The zero-order valence-electron chi connectivity index (χ0n) is 8.87. The summed E-state index contributed by atoms with van der Waals surface area (Å²) < 4.78 is 1.02. The summed E-state index contributed by atoms with van der Waals surface area (Å²) in [5, 5.41) is 12.0. The molecule has 1 aliphatic carbocycles. The van der Waals surface area contributed by atoms with E-state index in [4.69, 9.17) is 5.11 Å². The zero-order chi connectivity index (χ0) is 11.6. The molecule has 0 aromatic heterocycles. The van der Waals surface area contributed by atoms with E-state index in [9.17, 15) is 4.79 Å². The van der Waals surface area contributed by atoms with Crippen molar-refractivity contribution in [2.45, 2.75) is 19.4 Å². The summed E-state index contributed by atoms with van der Waals surface area (Å²) in [6.07, 6.45) is 1.60. The number of carbonyl (C=O) groups excluding carboxylic acids is 1. The molecule has 0 radical (unpaired) electrons. The molecule has 3 nitrogen and oxygen atoms in total. The first-order chi connectivity index (χ1) is 7.66. The monoisotopic (exact) mass is 283 g/mol. The van der Waals surface area contributed by atoms with Crippen molar-refractivity contribution in [2.75, 3.05) is 6.61 Å². The predicted molar refractivity (Wildman–Crippen MR) is 64.7 cm³/mol. The Morgan fingerprint density at radius 3 is 2.50 bits per heavy atom. The molecule has 86 valence electrons. The fourth-order valence-electron chi connectivity index (χ4n) is 1.58. The van der Waals surface area contributed by atoms with Gasteiger partial charge in [0.05, 0.1) is 12.0 Å². The number of halogens is 1. The highest BCUT2D eigenvalue weighted by Gasteiger charge is 2.49. The smallest absolute Gasteiger partial charge is 0.228 e. The average molecular weight is 284 g/mol. The second-order valence-electron chi connectivity index (χ2n) is 4.25. The Morgan fingerprint density at radius 1 is 1.38 bits per heavy atom. The molecule has 16 heavy (non-hydrogen) atoms. The molecule has 0 bridgehead atoms. The summed E-state index contributed by atoms with van der Waals surface area (Å²) >= 11 is 3.36. The summed E-state index contributed by atoms with van der Waals surface area (Å²) in [5.41, 5.74) is 0.584. The summed E-state index contributed by atoms with van der Waals surface area (Å²) in [7, 11) is 0. The number of benzene rings is 1. The van der Waals surface area contributed by atoms with Crippen molar-refractivity contribution in [3.8, 4) is 0 Å². The number of carbonyl (C=O) groups is 1. The van der Waals surface area contributed by atoms with Crippen LogP contribution in [0.2, 0.25) is 0 Å². The number of aliphatic hydroxyl groups is 1. The maximum absolute atomic E-state index is 11.7. The quantitative estimate of drug-likeness (QED) is 0.886. The highest BCUT2D eigenvalue weighted by molar-refractivity contribution is 9.10. The van der Waals surface area contributed by atoms with E-state index >= 15 is 0 Å². The standard InChI is InChI=1S/C12H14BrNO2/c13-10-3-1-9(2-4-10)7-14-11(16)12(8-15)5-6-12/h1-4,15H,5-8H2,(H,14,16). The highest BCUT2D eigenvalue weighted by Crippen LogP contribution is 2.45. The fourth-order valence-corrected chi connectivity index (χ4v) is 1.84. The third-order valence-corrected chi connectivity index (χ3v) is 3.53. The Labute approximate surface area is 103 Å². The van der Waals surface area contributed by atoms with Crippen LogP contribution in [-0.4, -0.2) is 17.6 Å². The second-order valence-corrected chi connectivity index (χ2v) is 5.16. The number of rotatable bonds is 4. The average Bonchev–Trinajstić information content (AvgIpc) is 3.09. The van der Waals surface area contributed by atoms with Crippen molar-refractivity contribution in [3.05, 3.63) is 34.3 Å². The van der Waals surface area contributed by atoms with E-state index in [0.717, 1.165) is 22.9 Å². The number of aliphatic hydroxyl groups excluding tert-OH is 1. The van der Waals surface area contributed by atoms with Crippen LogP contribution >= 0.6 is 15.9 Å². The molecule has 4 heteroatoms. The van der Waals surface area contributed by atoms with Crippen LogP contribution in [0.4, 0.5) is 0 Å². The molecule has 0 spiro atoms. The molecule has 0 unspecified atom stereocenters. The van der Waals surface area contributed by atoms with Crippen molar-refractivity contribution < 1.29 is 9.90 Å². The van der Waals surface area contributed by atoms with E-state index in [1.807, 2.05) is 24.3 Å². The molecule has 0 heterocycles. The number of amides is 1. The van der Waals surface area contributed by atoms with Gasteiger partial charge in [0.15, 0.2) is 0 Å². The molecule has 1 aromatic rings. The maximum atomic E-state index is 11.7. The normalized spacial score (nSPS) is 16.9. The first-order valence-electron chi connectivity index (χ1n) is 5.30. The van der Waals surface area contributed by atoms with Gasteiger partial charge in [0.25, 0.3) is 0 Å². The van der Waals surface area contributed by atoms with Crippen molar-refractivity contribution in [1.82, 2.24) is 5.32 Å². The lowest BCUT2D eigenvalue weighted by molar-refractivity contribution is -0.127. The Kier molecular flexibility index (Phi) is 3.30. The largest absolute Gasteiger partial charge is 0.395 e. The van der Waals surface area contributed by atoms with Gasteiger partial charge in [0.1, 0.15) is 0 Å². The van der Waals surface area contributed by atoms with E-state index in [-0.39, 0.29) is 12.5 Å². The van der Waals surface area contributed by atoms with Crippen molar-refractivity contribution in [1.29, 1.82) is 0 Å². The molecule has 0 atom stereocenters. The van der Waals surface area contributed by atoms with Crippen LogP contribution in [0.15, 0.2) is 28.7 Å². The molecule has 1 saturated carbocycles. The molecule has 2 N–H and O–H groups in total. The van der Waals surface area contributed by atoms with Gasteiger partial charge in [-0.1, -0.05) is 28.1 Å². The van der Waals surface area contributed by atoms with E-state index in [1.54, 1.807) is 0 Å². The number of hydrogen-bond acceptors (Lipinski definition) is 2. The van der Waals surface area contributed by atoms with Crippen LogP contribution in [0.25, 0.3) is 0 Å². The van der Waals surface area contributed by atoms with Crippen LogP contribution in [0.3, 0.4) is 0 Å². The van der Waals surface area contributed by atoms with E-state index in [2.05, 4.69) is 21.2 Å². The third-order valence-electron chi connectivity index (χ3n) is 3.00. The van der Waals surface area contributed by atoms with E-state index in [1.165, 1.54) is 0 Å². The van der Waals surface area contributed by atoms with Gasteiger partial charge in [-0.25, -0.2) is 0 Å². The SMILES string of the molecule is O=C(NCc1ccc(Br)cc1)C1(CO)CC1. The highest BCUT2D eigenvalue weighted by atomic mass is 79.9.